The van der Waals surface area contributed by atoms with E-state index in [0.717, 1.165) is 10.8 Å². The average molecular weight is 402 g/mol. The molecule has 0 fully saturated rings. The van der Waals surface area contributed by atoms with Gasteiger partial charge in [0.1, 0.15) is 16.3 Å². The standard InChI is InChI=1S/C20H14N2O4S.Na.H/c23-18-11-9-13-5-1-2-6-14(13)20(18)22-21-17-10-12-19(27(24,25)26)16-8-4-3-7-15(16)17;;/h1-12,23H,(H,24,25,26);;/b22-21+;;. The molecule has 0 saturated carbocycles. The van der Waals surface area contributed by atoms with Gasteiger partial charge in [-0.15, -0.1) is 10.2 Å². The van der Waals surface area contributed by atoms with Crippen molar-refractivity contribution in [1.82, 2.24) is 0 Å². The minimum atomic E-state index is -4.36. The molecule has 0 aromatic heterocycles. The summed E-state index contributed by atoms with van der Waals surface area (Å²) in [5.74, 6) is -0.00342. The van der Waals surface area contributed by atoms with Crippen molar-refractivity contribution in [2.75, 3.05) is 0 Å². The number of nitrogens with zero attached hydrogens (tertiary/aromatic N) is 2. The summed E-state index contributed by atoms with van der Waals surface area (Å²) >= 11 is 0. The Kier molecular flexibility index (Phi) is 5.83. The van der Waals surface area contributed by atoms with Gasteiger partial charge in [-0.2, -0.15) is 8.42 Å². The van der Waals surface area contributed by atoms with E-state index in [-0.39, 0.29) is 40.2 Å². The summed E-state index contributed by atoms with van der Waals surface area (Å²) in [6.07, 6.45) is 0. The van der Waals surface area contributed by atoms with E-state index in [1.165, 1.54) is 12.1 Å². The normalized spacial score (nSPS) is 11.8. The predicted molar refractivity (Wildman–Crippen MR) is 111 cm³/mol. The first-order valence-electron chi connectivity index (χ1n) is 8.07. The third kappa shape index (κ3) is 3.80. The molecule has 2 N–H and O–H groups in total. The molecule has 6 nitrogen and oxygen atoms in total. The molecular weight excluding hydrogens is 387 g/mol. The van der Waals surface area contributed by atoms with Crippen molar-refractivity contribution in [2.24, 2.45) is 10.2 Å². The van der Waals surface area contributed by atoms with Crippen LogP contribution in [0.3, 0.4) is 0 Å². The van der Waals surface area contributed by atoms with Gasteiger partial charge in [-0.3, -0.25) is 4.55 Å². The molecule has 0 aliphatic carbocycles. The second-order valence-corrected chi connectivity index (χ2v) is 7.35. The Morgan fingerprint density at radius 2 is 1.36 bits per heavy atom. The van der Waals surface area contributed by atoms with Crippen LogP contribution in [0, 0.1) is 0 Å². The summed E-state index contributed by atoms with van der Waals surface area (Å²) in [6, 6.07) is 20.3. The fraction of sp³-hybridized carbons (Fsp3) is 0. The molecule has 0 radical (unpaired) electrons. The molecular formula is C20H15N2NaO4S. The zero-order chi connectivity index (χ0) is 19.0. The number of rotatable bonds is 3. The summed E-state index contributed by atoms with van der Waals surface area (Å²) in [7, 11) is -4.36. The molecule has 0 saturated heterocycles. The van der Waals surface area contributed by atoms with Crippen LogP contribution in [0.1, 0.15) is 0 Å². The average Bonchev–Trinajstić information content (AvgIpc) is 2.66. The van der Waals surface area contributed by atoms with Gasteiger partial charge in [-0.1, -0.05) is 54.6 Å². The van der Waals surface area contributed by atoms with Crippen LogP contribution in [0.15, 0.2) is 87.9 Å². The van der Waals surface area contributed by atoms with Gasteiger partial charge in [0.05, 0.1) is 5.69 Å². The first kappa shape index (κ1) is 20.4. The number of hydrogen-bond acceptors (Lipinski definition) is 5. The van der Waals surface area contributed by atoms with Crippen molar-refractivity contribution in [1.29, 1.82) is 0 Å². The molecule has 4 rings (SSSR count). The van der Waals surface area contributed by atoms with Crippen LogP contribution in [0.5, 0.6) is 5.75 Å². The van der Waals surface area contributed by atoms with Crippen LogP contribution < -0.4 is 0 Å². The van der Waals surface area contributed by atoms with Crippen LogP contribution in [0.25, 0.3) is 21.5 Å². The van der Waals surface area contributed by atoms with E-state index in [1.807, 2.05) is 24.3 Å². The Hall–Kier alpha value is -2.29. The fourth-order valence-corrected chi connectivity index (χ4v) is 3.72. The van der Waals surface area contributed by atoms with Crippen molar-refractivity contribution in [3.8, 4) is 5.75 Å². The van der Waals surface area contributed by atoms with Gasteiger partial charge >= 0.3 is 29.6 Å². The summed E-state index contributed by atoms with van der Waals surface area (Å²) in [5.41, 5.74) is 0.751. The number of phenolic OH excluding ortho intramolecular Hbond substituents is 1. The molecule has 0 unspecified atom stereocenters. The molecule has 0 amide bonds. The Morgan fingerprint density at radius 1 is 0.714 bits per heavy atom. The van der Waals surface area contributed by atoms with E-state index in [1.54, 1.807) is 36.4 Å². The maximum absolute atomic E-state index is 11.6. The zero-order valence-electron chi connectivity index (χ0n) is 13.9. The molecule has 0 heterocycles. The summed E-state index contributed by atoms with van der Waals surface area (Å²) in [4.78, 5) is -0.190. The van der Waals surface area contributed by atoms with Crippen LogP contribution in [0.2, 0.25) is 0 Å². The molecule has 0 aliphatic rings. The van der Waals surface area contributed by atoms with Gasteiger partial charge in [0.2, 0.25) is 0 Å². The van der Waals surface area contributed by atoms with Crippen molar-refractivity contribution in [3.63, 3.8) is 0 Å². The number of azo groups is 1. The molecule has 4 aromatic rings. The monoisotopic (exact) mass is 402 g/mol. The molecule has 4 aromatic carbocycles. The van der Waals surface area contributed by atoms with Crippen molar-refractivity contribution < 1.29 is 18.1 Å². The van der Waals surface area contributed by atoms with E-state index >= 15 is 0 Å². The van der Waals surface area contributed by atoms with E-state index in [0.29, 0.717) is 22.1 Å². The Bertz CT molecular complexity index is 1320. The van der Waals surface area contributed by atoms with E-state index in [9.17, 15) is 18.1 Å². The van der Waals surface area contributed by atoms with Crippen LogP contribution in [0.4, 0.5) is 11.4 Å². The van der Waals surface area contributed by atoms with Gasteiger partial charge in [0.25, 0.3) is 10.1 Å². The fourth-order valence-electron chi connectivity index (χ4n) is 3.02. The van der Waals surface area contributed by atoms with E-state index < -0.39 is 10.1 Å². The SMILES string of the molecule is O=S(=O)(O)c1ccc(/N=N/c2c(O)ccc3ccccc23)c2ccccc12.[NaH]. The quantitative estimate of drug-likeness (QED) is 0.294. The number of aromatic hydroxyl groups is 1. The Balaban J connectivity index is 0.00000225. The predicted octanol–water partition coefficient (Wildman–Crippen LogP) is 4.71. The zero-order valence-corrected chi connectivity index (χ0v) is 14.8. The molecule has 136 valence electrons. The molecule has 28 heavy (non-hydrogen) atoms. The second-order valence-electron chi connectivity index (χ2n) is 5.96. The summed E-state index contributed by atoms with van der Waals surface area (Å²) in [6.45, 7) is 0. The van der Waals surface area contributed by atoms with Crippen molar-refractivity contribution in [2.45, 2.75) is 4.90 Å². The molecule has 0 aliphatic heterocycles. The second kappa shape index (κ2) is 7.98. The minimum absolute atomic E-state index is 0. The molecule has 8 heteroatoms. The molecule has 0 bridgehead atoms. The van der Waals surface area contributed by atoms with E-state index in [4.69, 9.17) is 0 Å². The van der Waals surface area contributed by atoms with Gasteiger partial charge in [-0.25, -0.2) is 0 Å². The number of fused-ring (bicyclic) bond motifs is 2. The third-order valence-electron chi connectivity index (χ3n) is 4.28. The van der Waals surface area contributed by atoms with Gasteiger partial charge in [0, 0.05) is 16.2 Å². The van der Waals surface area contributed by atoms with Gasteiger partial charge in [-0.05, 0) is 23.6 Å². The number of hydrogen-bond donors (Lipinski definition) is 2. The van der Waals surface area contributed by atoms with Gasteiger partial charge < -0.3 is 5.11 Å². The third-order valence-corrected chi connectivity index (χ3v) is 5.19. The van der Waals surface area contributed by atoms with Crippen LogP contribution >= 0.6 is 0 Å². The first-order chi connectivity index (χ1) is 12.9. The molecule has 0 spiro atoms. The maximum atomic E-state index is 11.6. The van der Waals surface area contributed by atoms with Gasteiger partial charge in [0.15, 0.2) is 0 Å². The van der Waals surface area contributed by atoms with Crippen molar-refractivity contribution >= 4 is 72.6 Å². The first-order valence-corrected chi connectivity index (χ1v) is 9.51. The van der Waals surface area contributed by atoms with Crippen LogP contribution in [-0.2, 0) is 10.1 Å². The topological polar surface area (TPSA) is 99.3 Å². The molecule has 0 atom stereocenters. The summed E-state index contributed by atoms with van der Waals surface area (Å²) < 4.78 is 32.6. The number of benzene rings is 4. The van der Waals surface area contributed by atoms with Crippen molar-refractivity contribution in [3.05, 3.63) is 72.8 Å². The Morgan fingerprint density at radius 3 is 2.07 bits per heavy atom. The summed E-state index contributed by atoms with van der Waals surface area (Å²) in [5, 5.41) is 21.2. The number of phenols is 1. The Labute approximate surface area is 183 Å². The van der Waals surface area contributed by atoms with Crippen LogP contribution in [-0.4, -0.2) is 47.6 Å². The van der Waals surface area contributed by atoms with E-state index in [2.05, 4.69) is 10.2 Å².